The molecular formula is C25H31FN6O2S. The molecule has 1 saturated carbocycles. The summed E-state index contributed by atoms with van der Waals surface area (Å²) in [5, 5.41) is 6.18. The average molecular weight is 499 g/mol. The number of benzene rings is 2. The van der Waals surface area contributed by atoms with E-state index in [9.17, 15) is 12.8 Å². The molecule has 1 fully saturated rings. The van der Waals surface area contributed by atoms with Crippen LogP contribution >= 0.6 is 0 Å². The first kappa shape index (κ1) is 25.0. The zero-order chi connectivity index (χ0) is 25.0. The van der Waals surface area contributed by atoms with Gasteiger partial charge in [0, 0.05) is 36.7 Å². The van der Waals surface area contributed by atoms with Crippen molar-refractivity contribution in [3.8, 4) is 0 Å². The van der Waals surface area contributed by atoms with Crippen LogP contribution in [-0.2, 0) is 10.0 Å². The van der Waals surface area contributed by atoms with Crippen LogP contribution in [-0.4, -0.2) is 60.8 Å². The molecule has 0 unspecified atom stereocenters. The number of sulfonamides is 1. The molecule has 0 atom stereocenters. The molecule has 2 N–H and O–H groups in total. The first-order valence-corrected chi connectivity index (χ1v) is 13.0. The van der Waals surface area contributed by atoms with Gasteiger partial charge in [0.15, 0.2) is 0 Å². The van der Waals surface area contributed by atoms with E-state index in [1.165, 1.54) is 16.4 Å². The molecule has 0 spiro atoms. The molecule has 35 heavy (non-hydrogen) atoms. The molecule has 10 heteroatoms. The predicted molar refractivity (Wildman–Crippen MR) is 136 cm³/mol. The van der Waals surface area contributed by atoms with Crippen molar-refractivity contribution in [1.82, 2.24) is 19.2 Å². The molecule has 0 radical (unpaired) electrons. The van der Waals surface area contributed by atoms with E-state index in [4.69, 9.17) is 0 Å². The topological polar surface area (TPSA) is 90.5 Å². The second-order valence-corrected chi connectivity index (χ2v) is 11.0. The molecule has 0 aliphatic heterocycles. The summed E-state index contributed by atoms with van der Waals surface area (Å²) in [5.74, 6) is 0.579. The van der Waals surface area contributed by atoms with E-state index < -0.39 is 10.0 Å². The highest BCUT2D eigenvalue weighted by Gasteiger charge is 2.32. The minimum Gasteiger partial charge on any atom is -0.340 e. The van der Waals surface area contributed by atoms with Crippen molar-refractivity contribution in [3.05, 3.63) is 66.6 Å². The zero-order valence-corrected chi connectivity index (χ0v) is 21.0. The van der Waals surface area contributed by atoms with Crippen molar-refractivity contribution in [3.63, 3.8) is 0 Å². The number of halogens is 1. The lowest BCUT2D eigenvalue weighted by Gasteiger charge is -2.36. The largest absolute Gasteiger partial charge is 0.340 e. The molecule has 186 valence electrons. The summed E-state index contributed by atoms with van der Waals surface area (Å²) in [6.45, 7) is 0. The van der Waals surface area contributed by atoms with Gasteiger partial charge in [0.2, 0.25) is 16.0 Å². The quantitative estimate of drug-likeness (QED) is 0.469. The molecule has 1 aromatic heterocycles. The minimum absolute atomic E-state index is 0.0127. The molecule has 1 aliphatic rings. The monoisotopic (exact) mass is 498 g/mol. The summed E-state index contributed by atoms with van der Waals surface area (Å²) in [4.78, 5) is 11.1. The first-order chi connectivity index (χ1) is 16.7. The second kappa shape index (κ2) is 10.7. The fraction of sp³-hybridized carbons (Fsp3) is 0.360. The van der Waals surface area contributed by atoms with Gasteiger partial charge in [-0.05, 0) is 94.4 Å². The van der Waals surface area contributed by atoms with E-state index >= 15 is 0 Å². The Morgan fingerprint density at radius 3 is 2.03 bits per heavy atom. The van der Waals surface area contributed by atoms with E-state index in [1.807, 2.05) is 0 Å². The Labute approximate surface area is 206 Å². The van der Waals surface area contributed by atoms with E-state index in [0.717, 1.165) is 25.7 Å². The Bertz CT molecular complexity index is 1230. The standard InChI is InChI=1S/C25H31FN6O2S/c1-31(2)21-10-12-22(13-11-21)32(3)35(33,34)23-14-8-20(9-15-23)29-25-27-17-16-24(30-25)28-19-6-4-18(26)5-7-19/h4-9,14-17,21-22H,10-13H2,1-3H3,(H2,27,28,29,30)/t21-,22+. The molecule has 0 bridgehead atoms. The predicted octanol–water partition coefficient (Wildman–Crippen LogP) is 4.60. The molecule has 8 nitrogen and oxygen atoms in total. The van der Waals surface area contributed by atoms with Gasteiger partial charge in [0.05, 0.1) is 4.90 Å². The number of hydrogen-bond donors (Lipinski definition) is 2. The average Bonchev–Trinajstić information content (AvgIpc) is 2.85. The smallest absolute Gasteiger partial charge is 0.243 e. The van der Waals surface area contributed by atoms with Gasteiger partial charge in [0.25, 0.3) is 0 Å². The van der Waals surface area contributed by atoms with Gasteiger partial charge >= 0.3 is 0 Å². The number of nitrogens with zero attached hydrogens (tertiary/aromatic N) is 4. The van der Waals surface area contributed by atoms with E-state index in [2.05, 4.69) is 39.6 Å². The van der Waals surface area contributed by atoms with Gasteiger partial charge in [-0.3, -0.25) is 0 Å². The van der Waals surface area contributed by atoms with Crippen LogP contribution in [0.25, 0.3) is 0 Å². The van der Waals surface area contributed by atoms with E-state index in [0.29, 0.717) is 29.2 Å². The molecule has 4 rings (SSSR count). The fourth-order valence-corrected chi connectivity index (χ4v) is 5.73. The van der Waals surface area contributed by atoms with E-state index in [1.54, 1.807) is 55.7 Å². The van der Waals surface area contributed by atoms with Crippen LogP contribution in [0.3, 0.4) is 0 Å². The third-order valence-electron chi connectivity index (χ3n) is 6.47. The summed E-state index contributed by atoms with van der Waals surface area (Å²) < 4.78 is 41.0. The van der Waals surface area contributed by atoms with Crippen molar-refractivity contribution in [1.29, 1.82) is 0 Å². The Balaban J connectivity index is 1.40. The van der Waals surface area contributed by atoms with Crippen LogP contribution in [0, 0.1) is 5.82 Å². The molecule has 1 heterocycles. The van der Waals surface area contributed by atoms with Gasteiger partial charge in [-0.25, -0.2) is 17.8 Å². The molecular weight excluding hydrogens is 467 g/mol. The van der Waals surface area contributed by atoms with Crippen molar-refractivity contribution in [2.45, 2.75) is 42.7 Å². The van der Waals surface area contributed by atoms with Gasteiger partial charge in [-0.15, -0.1) is 0 Å². The maximum atomic E-state index is 13.2. The lowest BCUT2D eigenvalue weighted by atomic mass is 9.91. The van der Waals surface area contributed by atoms with Crippen molar-refractivity contribution in [2.24, 2.45) is 0 Å². The van der Waals surface area contributed by atoms with Crippen LogP contribution < -0.4 is 10.6 Å². The van der Waals surface area contributed by atoms with Crippen LogP contribution in [0.2, 0.25) is 0 Å². The highest BCUT2D eigenvalue weighted by molar-refractivity contribution is 7.89. The Kier molecular flexibility index (Phi) is 7.63. The highest BCUT2D eigenvalue weighted by Crippen LogP contribution is 2.29. The van der Waals surface area contributed by atoms with Gasteiger partial charge in [-0.1, -0.05) is 0 Å². The van der Waals surface area contributed by atoms with Crippen molar-refractivity contribution in [2.75, 3.05) is 31.8 Å². The maximum Gasteiger partial charge on any atom is 0.243 e. The summed E-state index contributed by atoms with van der Waals surface area (Å²) in [6, 6.07) is 14.8. The first-order valence-electron chi connectivity index (χ1n) is 11.6. The highest BCUT2D eigenvalue weighted by atomic mass is 32.2. The lowest BCUT2D eigenvalue weighted by molar-refractivity contribution is 0.180. The van der Waals surface area contributed by atoms with Crippen LogP contribution in [0.1, 0.15) is 25.7 Å². The summed E-state index contributed by atoms with van der Waals surface area (Å²) in [7, 11) is 2.24. The number of nitrogens with one attached hydrogen (secondary N) is 2. The fourth-order valence-electron chi connectivity index (χ4n) is 4.31. The molecule has 0 saturated heterocycles. The zero-order valence-electron chi connectivity index (χ0n) is 20.1. The number of hydrogen-bond acceptors (Lipinski definition) is 7. The van der Waals surface area contributed by atoms with Gasteiger partial charge in [-0.2, -0.15) is 9.29 Å². The molecule has 0 amide bonds. The van der Waals surface area contributed by atoms with Crippen molar-refractivity contribution < 1.29 is 12.8 Å². The molecule has 3 aromatic rings. The summed E-state index contributed by atoms with van der Waals surface area (Å²) >= 11 is 0. The van der Waals surface area contributed by atoms with Gasteiger partial charge in [0.1, 0.15) is 11.6 Å². The molecule has 2 aromatic carbocycles. The van der Waals surface area contributed by atoms with Crippen LogP contribution in [0.5, 0.6) is 0 Å². The van der Waals surface area contributed by atoms with Crippen LogP contribution in [0.4, 0.5) is 27.5 Å². The second-order valence-electron chi connectivity index (χ2n) is 8.99. The minimum atomic E-state index is -3.59. The lowest BCUT2D eigenvalue weighted by Crippen LogP contribution is -2.42. The number of anilines is 4. The third kappa shape index (κ3) is 6.14. The Morgan fingerprint density at radius 2 is 1.40 bits per heavy atom. The number of rotatable bonds is 8. The third-order valence-corrected chi connectivity index (χ3v) is 8.39. The summed E-state index contributed by atoms with van der Waals surface area (Å²) in [6.07, 6.45) is 5.31. The van der Waals surface area contributed by atoms with E-state index in [-0.39, 0.29) is 16.8 Å². The SMILES string of the molecule is CN(C)[C@H]1CC[C@@H](N(C)S(=O)(=O)c2ccc(Nc3nccc(Nc4ccc(F)cc4)n3)cc2)CC1. The Morgan fingerprint density at radius 1 is 0.829 bits per heavy atom. The van der Waals surface area contributed by atoms with Crippen LogP contribution in [0.15, 0.2) is 65.7 Å². The maximum absolute atomic E-state index is 13.2. The number of aromatic nitrogens is 2. The van der Waals surface area contributed by atoms with Gasteiger partial charge < -0.3 is 15.5 Å². The normalized spacial score (nSPS) is 18.6. The summed E-state index contributed by atoms with van der Waals surface area (Å²) in [5.41, 5.74) is 1.36. The molecule has 1 aliphatic carbocycles. The van der Waals surface area contributed by atoms with Crippen molar-refractivity contribution >= 4 is 33.2 Å². The Hall–Kier alpha value is -3.08.